The van der Waals surface area contributed by atoms with Crippen LogP contribution in [0, 0.1) is 0 Å². The van der Waals surface area contributed by atoms with Crippen molar-refractivity contribution in [2.75, 3.05) is 36.4 Å². The second-order valence-corrected chi connectivity index (χ2v) is 7.32. The van der Waals surface area contributed by atoms with Crippen LogP contribution in [0.3, 0.4) is 0 Å². The molecule has 7 nitrogen and oxygen atoms in total. The number of amides is 2. The molecular formula is C15H19N5O2S2. The van der Waals surface area contributed by atoms with Crippen LogP contribution in [0.2, 0.25) is 0 Å². The van der Waals surface area contributed by atoms with E-state index in [2.05, 4.69) is 20.1 Å². The van der Waals surface area contributed by atoms with Crippen LogP contribution >= 0.6 is 22.7 Å². The van der Waals surface area contributed by atoms with Crippen LogP contribution < -0.4 is 16.0 Å². The largest absolute Gasteiger partial charge is 0.366 e. The Morgan fingerprint density at radius 2 is 2.00 bits per heavy atom. The van der Waals surface area contributed by atoms with Gasteiger partial charge in [0, 0.05) is 37.8 Å². The molecule has 128 valence electrons. The first-order valence-electron chi connectivity index (χ1n) is 7.63. The fourth-order valence-corrected chi connectivity index (χ4v) is 4.15. The number of thiazole rings is 1. The van der Waals surface area contributed by atoms with E-state index >= 15 is 0 Å². The summed E-state index contributed by atoms with van der Waals surface area (Å²) in [6.45, 7) is 5.15. The Kier molecular flexibility index (Phi) is 5.12. The molecule has 1 saturated heterocycles. The Bertz CT molecular complexity index is 707. The van der Waals surface area contributed by atoms with Gasteiger partial charge in [-0.05, 0) is 18.4 Å². The number of hydrogen-bond donors (Lipinski definition) is 2. The summed E-state index contributed by atoms with van der Waals surface area (Å²) in [5.74, 6) is -0.654. The van der Waals surface area contributed by atoms with Gasteiger partial charge in [0.1, 0.15) is 5.00 Å². The molecule has 1 atom stereocenters. The van der Waals surface area contributed by atoms with E-state index in [-0.39, 0.29) is 11.9 Å². The van der Waals surface area contributed by atoms with Crippen LogP contribution in [0.4, 0.5) is 10.1 Å². The minimum atomic E-state index is -0.531. The third-order valence-corrected chi connectivity index (χ3v) is 5.76. The molecular weight excluding hydrogens is 346 g/mol. The van der Waals surface area contributed by atoms with Gasteiger partial charge >= 0.3 is 0 Å². The molecule has 2 aromatic rings. The Labute approximate surface area is 148 Å². The summed E-state index contributed by atoms with van der Waals surface area (Å²) >= 11 is 2.93. The smallest absolute Gasteiger partial charge is 0.251 e. The van der Waals surface area contributed by atoms with E-state index in [4.69, 9.17) is 5.73 Å². The van der Waals surface area contributed by atoms with Crippen LogP contribution in [0.1, 0.15) is 17.3 Å². The van der Waals surface area contributed by atoms with Gasteiger partial charge in [0.2, 0.25) is 5.91 Å². The van der Waals surface area contributed by atoms with E-state index in [1.165, 1.54) is 11.3 Å². The fourth-order valence-electron chi connectivity index (χ4n) is 2.65. The molecule has 0 saturated carbocycles. The molecule has 0 unspecified atom stereocenters. The summed E-state index contributed by atoms with van der Waals surface area (Å²) in [7, 11) is 0. The number of hydrogen-bond acceptors (Lipinski definition) is 7. The zero-order valence-electron chi connectivity index (χ0n) is 13.3. The first-order valence-corrected chi connectivity index (χ1v) is 9.39. The molecule has 24 heavy (non-hydrogen) atoms. The highest BCUT2D eigenvalue weighted by atomic mass is 32.1. The van der Waals surface area contributed by atoms with Gasteiger partial charge in [-0.15, -0.1) is 22.7 Å². The lowest BCUT2D eigenvalue weighted by Gasteiger charge is -2.37. The summed E-state index contributed by atoms with van der Waals surface area (Å²) in [5.41, 5.74) is 5.67. The maximum atomic E-state index is 12.5. The molecule has 0 aromatic carbocycles. The van der Waals surface area contributed by atoms with Crippen molar-refractivity contribution in [1.29, 1.82) is 0 Å². The summed E-state index contributed by atoms with van der Waals surface area (Å²) in [6.07, 6.45) is 1.81. The van der Waals surface area contributed by atoms with Crippen molar-refractivity contribution < 1.29 is 9.59 Å². The van der Waals surface area contributed by atoms with Crippen LogP contribution in [0.15, 0.2) is 23.0 Å². The lowest BCUT2D eigenvalue weighted by molar-refractivity contribution is -0.120. The van der Waals surface area contributed by atoms with Gasteiger partial charge in [-0.1, -0.05) is 0 Å². The Morgan fingerprint density at radius 3 is 2.62 bits per heavy atom. The Hall–Kier alpha value is -1.97. The summed E-state index contributed by atoms with van der Waals surface area (Å²) in [6, 6.07) is 1.35. The number of carbonyl (C=O) groups is 2. The van der Waals surface area contributed by atoms with Crippen molar-refractivity contribution in [3.63, 3.8) is 0 Å². The van der Waals surface area contributed by atoms with E-state index in [0.29, 0.717) is 10.6 Å². The third kappa shape index (κ3) is 3.58. The molecule has 3 rings (SSSR count). The molecule has 3 heterocycles. The zero-order valence-corrected chi connectivity index (χ0v) is 14.9. The van der Waals surface area contributed by atoms with Crippen LogP contribution in [0.25, 0.3) is 0 Å². The minimum Gasteiger partial charge on any atom is -0.366 e. The molecule has 0 spiro atoms. The van der Waals surface area contributed by atoms with Gasteiger partial charge in [0.15, 0.2) is 5.13 Å². The monoisotopic (exact) mass is 365 g/mol. The average molecular weight is 365 g/mol. The highest BCUT2D eigenvalue weighted by Gasteiger charge is 2.27. The van der Waals surface area contributed by atoms with Gasteiger partial charge in [0.25, 0.3) is 5.91 Å². The molecule has 1 fully saturated rings. The molecule has 2 aromatic heterocycles. The Morgan fingerprint density at radius 1 is 1.25 bits per heavy atom. The normalized spacial score (nSPS) is 16.8. The molecule has 2 amide bonds. The first kappa shape index (κ1) is 16.9. The first-order chi connectivity index (χ1) is 11.6. The van der Waals surface area contributed by atoms with Gasteiger partial charge in [0.05, 0.1) is 11.6 Å². The predicted molar refractivity (Wildman–Crippen MR) is 96.8 cm³/mol. The maximum absolute atomic E-state index is 12.5. The molecule has 9 heteroatoms. The summed E-state index contributed by atoms with van der Waals surface area (Å²) in [5, 5.41) is 8.07. The van der Waals surface area contributed by atoms with Crippen molar-refractivity contribution in [2.24, 2.45) is 5.73 Å². The standard InChI is InChI=1S/C15H19N5O2S2/c1-10(13(22)18-14-11(12(16)21)2-8-23-14)19-4-6-20(7-5-19)15-17-3-9-24-15/h2-3,8-10H,4-7H2,1H3,(H2,16,21)(H,18,22)/t10-/m0/s1. The SMILES string of the molecule is C[C@@H](C(=O)Nc1sccc1C(N)=O)N1CCN(c2nccs2)CC1. The lowest BCUT2D eigenvalue weighted by Crippen LogP contribution is -2.52. The number of nitrogens with one attached hydrogen (secondary N) is 1. The average Bonchev–Trinajstić information content (AvgIpc) is 3.26. The van der Waals surface area contributed by atoms with Crippen molar-refractivity contribution in [3.05, 3.63) is 28.6 Å². The van der Waals surface area contributed by atoms with E-state index in [9.17, 15) is 9.59 Å². The highest BCUT2D eigenvalue weighted by Crippen LogP contribution is 2.24. The quantitative estimate of drug-likeness (QED) is 0.837. The van der Waals surface area contributed by atoms with Crippen molar-refractivity contribution in [2.45, 2.75) is 13.0 Å². The number of primary amides is 1. The molecule has 0 aliphatic carbocycles. The van der Waals surface area contributed by atoms with E-state index in [1.807, 2.05) is 12.3 Å². The van der Waals surface area contributed by atoms with Crippen LogP contribution in [-0.2, 0) is 4.79 Å². The minimum absolute atomic E-state index is 0.123. The molecule has 0 bridgehead atoms. The third-order valence-electron chi connectivity index (χ3n) is 4.10. The van der Waals surface area contributed by atoms with Gasteiger partial charge < -0.3 is 16.0 Å². The summed E-state index contributed by atoms with van der Waals surface area (Å²) < 4.78 is 0. The number of nitrogens with two attached hydrogens (primary N) is 1. The highest BCUT2D eigenvalue weighted by molar-refractivity contribution is 7.14. The number of rotatable bonds is 5. The van der Waals surface area contributed by atoms with Crippen molar-refractivity contribution in [1.82, 2.24) is 9.88 Å². The Balaban J connectivity index is 1.56. The number of nitrogens with zero attached hydrogens (tertiary/aromatic N) is 3. The zero-order chi connectivity index (χ0) is 17.1. The fraction of sp³-hybridized carbons (Fsp3) is 0.400. The topological polar surface area (TPSA) is 91.6 Å². The molecule has 1 aliphatic heterocycles. The van der Waals surface area contributed by atoms with E-state index in [0.717, 1.165) is 31.3 Å². The number of anilines is 2. The van der Waals surface area contributed by atoms with Gasteiger partial charge in [-0.3, -0.25) is 14.5 Å². The second kappa shape index (κ2) is 7.29. The number of aromatic nitrogens is 1. The second-order valence-electron chi connectivity index (χ2n) is 5.53. The number of piperazine rings is 1. The van der Waals surface area contributed by atoms with Crippen LogP contribution in [0.5, 0.6) is 0 Å². The maximum Gasteiger partial charge on any atom is 0.251 e. The predicted octanol–water partition coefficient (Wildman–Crippen LogP) is 1.45. The van der Waals surface area contributed by atoms with E-state index in [1.54, 1.807) is 29.0 Å². The molecule has 1 aliphatic rings. The van der Waals surface area contributed by atoms with Crippen molar-refractivity contribution in [3.8, 4) is 0 Å². The number of thiophene rings is 1. The number of carbonyl (C=O) groups excluding carboxylic acids is 2. The van der Waals surface area contributed by atoms with Gasteiger partial charge in [-0.25, -0.2) is 4.98 Å². The van der Waals surface area contributed by atoms with Crippen LogP contribution in [-0.4, -0.2) is 53.9 Å². The lowest BCUT2D eigenvalue weighted by atomic mass is 10.2. The van der Waals surface area contributed by atoms with E-state index < -0.39 is 5.91 Å². The van der Waals surface area contributed by atoms with Gasteiger partial charge in [-0.2, -0.15) is 0 Å². The molecule has 0 radical (unpaired) electrons. The van der Waals surface area contributed by atoms with Crippen molar-refractivity contribution >= 4 is 44.6 Å². The summed E-state index contributed by atoms with van der Waals surface area (Å²) in [4.78, 5) is 32.5. The molecule has 3 N–H and O–H groups in total.